The molecule has 48 valence electrons. The van der Waals surface area contributed by atoms with Crippen molar-refractivity contribution in [2.24, 2.45) is 0 Å². The fraction of sp³-hybridized carbons (Fsp3) is 0. The summed E-state index contributed by atoms with van der Waals surface area (Å²) in [5.74, 6) is 0. The van der Waals surface area contributed by atoms with E-state index in [1.807, 2.05) is 0 Å². The fourth-order valence-electron chi connectivity index (χ4n) is 0. The van der Waals surface area contributed by atoms with Gasteiger partial charge in [-0.3, -0.25) is 4.70 Å². The maximum absolute atomic E-state index is 8.88. The van der Waals surface area contributed by atoms with E-state index >= 15 is 0 Å². The Labute approximate surface area is 42.8 Å². The van der Waals surface area contributed by atoms with Gasteiger partial charge in [0.25, 0.3) is 0 Å². The van der Waals surface area contributed by atoms with E-state index in [2.05, 4.69) is 0 Å². The van der Waals surface area contributed by atoms with Crippen LogP contribution in [0.4, 0.5) is 4.70 Å². The van der Waals surface area contributed by atoms with Gasteiger partial charge in [-0.05, 0) is 0 Å². The van der Waals surface area contributed by atoms with Gasteiger partial charge in [-0.25, -0.2) is 4.57 Å². The van der Waals surface area contributed by atoms with Crippen molar-refractivity contribution < 1.29 is 23.9 Å². The summed E-state index contributed by atoms with van der Waals surface area (Å²) in [4.78, 5) is 21.6. The molecule has 0 aliphatic carbocycles. The average Bonchev–Trinajstić information content (AvgIpc) is 0.722. The minimum Gasteiger partial charge on any atom is -0.303 e. The van der Waals surface area contributed by atoms with Crippen LogP contribution < -0.4 is 0 Å². The SMILES string of the molecule is F.O=P(O)(O)O.P. The Morgan fingerprint density at radius 3 is 1.14 bits per heavy atom. The van der Waals surface area contributed by atoms with Crippen LogP contribution in [0.15, 0.2) is 0 Å². The molecule has 0 rings (SSSR count). The van der Waals surface area contributed by atoms with Gasteiger partial charge in [0.2, 0.25) is 0 Å². The zero-order valence-corrected chi connectivity index (χ0v) is 5.62. The molecule has 1 unspecified atom stereocenters. The van der Waals surface area contributed by atoms with Gasteiger partial charge in [-0.15, -0.1) is 0 Å². The van der Waals surface area contributed by atoms with Crippen molar-refractivity contribution in [2.45, 2.75) is 0 Å². The molecular formula is H7FO4P2. The Morgan fingerprint density at radius 1 is 1.14 bits per heavy atom. The lowest BCUT2D eigenvalue weighted by Gasteiger charge is -1.82. The van der Waals surface area contributed by atoms with Gasteiger partial charge in [-0.2, -0.15) is 9.90 Å². The number of halogens is 1. The van der Waals surface area contributed by atoms with Crippen LogP contribution in [0.5, 0.6) is 0 Å². The molecule has 1 atom stereocenters. The van der Waals surface area contributed by atoms with Gasteiger partial charge in [-0.1, -0.05) is 0 Å². The topological polar surface area (TPSA) is 77.8 Å². The molecular weight excluding hydrogens is 145 g/mol. The minimum absolute atomic E-state index is 0. The summed E-state index contributed by atoms with van der Waals surface area (Å²) in [5.41, 5.74) is 0. The summed E-state index contributed by atoms with van der Waals surface area (Å²) in [7, 11) is -4.64. The molecule has 0 aromatic carbocycles. The summed E-state index contributed by atoms with van der Waals surface area (Å²) in [6.07, 6.45) is 0. The minimum atomic E-state index is -4.64. The molecule has 0 aromatic heterocycles. The first-order chi connectivity index (χ1) is 2.00. The van der Waals surface area contributed by atoms with Crippen LogP contribution >= 0.6 is 17.7 Å². The maximum Gasteiger partial charge on any atom is 0.466 e. The third-order valence-corrected chi connectivity index (χ3v) is 0. The predicted molar refractivity (Wildman–Crippen MR) is 27.9 cm³/mol. The van der Waals surface area contributed by atoms with Gasteiger partial charge in [0.1, 0.15) is 0 Å². The molecule has 0 aliphatic rings. The van der Waals surface area contributed by atoms with Crippen molar-refractivity contribution in [2.75, 3.05) is 0 Å². The van der Waals surface area contributed by atoms with E-state index in [0.29, 0.717) is 0 Å². The Kier molecular flexibility index (Phi) is 10.3. The highest BCUT2D eigenvalue weighted by Gasteiger charge is 2.00. The Morgan fingerprint density at radius 2 is 1.14 bits per heavy atom. The average molecular weight is 152 g/mol. The molecule has 0 amide bonds. The van der Waals surface area contributed by atoms with E-state index in [1.54, 1.807) is 0 Å². The van der Waals surface area contributed by atoms with Crippen molar-refractivity contribution >= 4 is 17.7 Å². The van der Waals surface area contributed by atoms with Crippen LogP contribution in [0, 0.1) is 0 Å². The Balaban J connectivity index is -0.0000000800. The molecule has 0 bridgehead atoms. The van der Waals surface area contributed by atoms with Gasteiger partial charge in [0, 0.05) is 0 Å². The van der Waals surface area contributed by atoms with E-state index in [0.717, 1.165) is 0 Å². The second kappa shape index (κ2) is 4.62. The van der Waals surface area contributed by atoms with Crippen LogP contribution in [-0.4, -0.2) is 14.7 Å². The van der Waals surface area contributed by atoms with E-state index in [-0.39, 0.29) is 14.6 Å². The van der Waals surface area contributed by atoms with Crippen molar-refractivity contribution in [3.63, 3.8) is 0 Å². The smallest absolute Gasteiger partial charge is 0.303 e. The zero-order chi connectivity index (χ0) is 4.50. The molecule has 0 aromatic rings. The molecule has 0 fully saturated rings. The van der Waals surface area contributed by atoms with E-state index < -0.39 is 7.82 Å². The lowest BCUT2D eigenvalue weighted by molar-refractivity contribution is 0.275. The molecule has 0 saturated heterocycles. The lowest BCUT2D eigenvalue weighted by Crippen LogP contribution is -1.66. The van der Waals surface area contributed by atoms with Crippen LogP contribution in [0.3, 0.4) is 0 Å². The van der Waals surface area contributed by atoms with Crippen LogP contribution in [0.25, 0.3) is 0 Å². The van der Waals surface area contributed by atoms with E-state index in [1.165, 1.54) is 0 Å². The highest BCUT2D eigenvalue weighted by molar-refractivity contribution is 7.45. The highest BCUT2D eigenvalue weighted by atomic mass is 31.2. The fourth-order valence-corrected chi connectivity index (χ4v) is 0. The van der Waals surface area contributed by atoms with E-state index in [9.17, 15) is 0 Å². The monoisotopic (exact) mass is 152 g/mol. The predicted octanol–water partition coefficient (Wildman–Crippen LogP) is -0.718. The normalized spacial score (nSPS) is 8.43. The first-order valence-corrected chi connectivity index (χ1v) is 2.35. The van der Waals surface area contributed by atoms with Crippen molar-refractivity contribution in [1.29, 1.82) is 0 Å². The molecule has 3 N–H and O–H groups in total. The largest absolute Gasteiger partial charge is 0.466 e. The van der Waals surface area contributed by atoms with Crippen molar-refractivity contribution in [1.82, 2.24) is 0 Å². The highest BCUT2D eigenvalue weighted by Crippen LogP contribution is 2.25. The van der Waals surface area contributed by atoms with E-state index in [4.69, 9.17) is 19.2 Å². The van der Waals surface area contributed by atoms with Gasteiger partial charge in [0.15, 0.2) is 0 Å². The molecule has 7 heteroatoms. The molecule has 0 aliphatic heterocycles. The van der Waals surface area contributed by atoms with Crippen LogP contribution in [-0.2, 0) is 4.57 Å². The maximum atomic E-state index is 8.88. The quantitative estimate of drug-likeness (QED) is 0.400. The second-order valence-corrected chi connectivity index (χ2v) is 1.54. The lowest BCUT2D eigenvalue weighted by atomic mass is 15.8. The molecule has 0 spiro atoms. The van der Waals surface area contributed by atoms with Crippen LogP contribution in [0.2, 0.25) is 0 Å². The van der Waals surface area contributed by atoms with Crippen molar-refractivity contribution in [3.05, 3.63) is 0 Å². The summed E-state index contributed by atoms with van der Waals surface area (Å²) < 4.78 is 8.88. The molecule has 0 radical (unpaired) electrons. The molecule has 0 heterocycles. The van der Waals surface area contributed by atoms with Gasteiger partial charge in [0.05, 0.1) is 0 Å². The number of hydrogen-bond donors (Lipinski definition) is 3. The molecule has 4 nitrogen and oxygen atoms in total. The molecule has 7 heavy (non-hydrogen) atoms. The summed E-state index contributed by atoms with van der Waals surface area (Å²) in [6.45, 7) is 0. The van der Waals surface area contributed by atoms with Gasteiger partial charge < -0.3 is 14.7 Å². The summed E-state index contributed by atoms with van der Waals surface area (Å²) in [5, 5.41) is 0. The Bertz CT molecular complexity index is 55.8. The Hall–Kier alpha value is 0.470. The van der Waals surface area contributed by atoms with Crippen molar-refractivity contribution in [3.8, 4) is 0 Å². The number of phosphoric acid groups is 1. The summed E-state index contributed by atoms with van der Waals surface area (Å²) >= 11 is 0. The first-order valence-electron chi connectivity index (χ1n) is 0.783. The third-order valence-electron chi connectivity index (χ3n) is 0. The van der Waals surface area contributed by atoms with Crippen LogP contribution in [0.1, 0.15) is 0 Å². The standard InChI is InChI=1S/FH.H3O4P.H3P/c;1-5(2,3)4;/h1H;(H3,1,2,3,4);1H3. The number of hydrogen-bond acceptors (Lipinski definition) is 1. The number of rotatable bonds is 0. The van der Waals surface area contributed by atoms with Gasteiger partial charge >= 0.3 is 7.82 Å². The second-order valence-electron chi connectivity index (χ2n) is 0.513. The zero-order valence-electron chi connectivity index (χ0n) is 3.31. The molecule has 0 saturated carbocycles. The first kappa shape index (κ1) is 15.6. The third kappa shape index (κ3) is 585. The summed E-state index contributed by atoms with van der Waals surface area (Å²) in [6, 6.07) is 0.